The minimum atomic E-state index is -4.09. The van der Waals surface area contributed by atoms with E-state index in [2.05, 4.69) is 25.9 Å². The summed E-state index contributed by atoms with van der Waals surface area (Å²) in [6.07, 6.45) is 8.57. The standard InChI is InChI=1S/C33H40ClN3O6S.C9H20N2O2/c1-21-5-3-7-28(38)25-10-8-23(25)18-37-19-33(15-4-6-22-17-24(34)9-11-26(22)33)20-43-29-13-12-27(35-31(29)37)32(39)36-44(40,41)30(21)14-16-42-2;1-12-7-9(8-13-2)11-5-3-10-4-6-11/h3,7,9,11-13,17,21,23,25,30H,4-6,8,10,14-16,18-20H2,1-2H3,(H,36,39);9-10H,3-8H2,1-2H3/b7-3+;/t21-,23-,25+,30+,33-;/m0./s1. The van der Waals surface area contributed by atoms with Crippen molar-refractivity contribution in [2.24, 2.45) is 17.8 Å². The predicted octanol–water partition coefficient (Wildman–Crippen LogP) is 4.42. The van der Waals surface area contributed by atoms with Gasteiger partial charge >= 0.3 is 0 Å². The maximum Gasteiger partial charge on any atom is 0.283 e. The Morgan fingerprint density at radius 1 is 1.05 bits per heavy atom. The summed E-state index contributed by atoms with van der Waals surface area (Å²) >= 11 is 6.38. The van der Waals surface area contributed by atoms with Gasteiger partial charge in [0.1, 0.15) is 5.69 Å². The molecule has 3 aliphatic heterocycles. The molecule has 1 saturated carbocycles. The number of fused-ring (bicyclic) bond motifs is 4. The van der Waals surface area contributed by atoms with Crippen LogP contribution in [-0.2, 0) is 40.9 Å². The lowest BCUT2D eigenvalue weighted by atomic mass is 9.69. The van der Waals surface area contributed by atoms with Crippen LogP contribution in [0.5, 0.6) is 5.75 Å². The molecule has 2 aliphatic carbocycles. The van der Waals surface area contributed by atoms with Crippen molar-refractivity contribution in [1.82, 2.24) is 19.9 Å². The van der Waals surface area contributed by atoms with Gasteiger partial charge in [-0.2, -0.15) is 0 Å². The highest BCUT2D eigenvalue weighted by molar-refractivity contribution is 7.90. The molecular formula is C42H60ClN5O8S. The SMILES string of the molecule is COCC(COC)N1CCNCC1.COCC[C@@H]1[C@@H](C)C/C=C/C(=O)[C@@H]2CC[C@H]2CN2C[C@@]3(CCCc4cc(Cl)ccc43)COc3ccc(nc32)C(=O)NS1(=O)=O. The van der Waals surface area contributed by atoms with Gasteiger partial charge < -0.3 is 29.2 Å². The van der Waals surface area contributed by atoms with E-state index < -0.39 is 21.2 Å². The molecular weight excluding hydrogens is 770 g/mol. The van der Waals surface area contributed by atoms with Crippen LogP contribution in [0.25, 0.3) is 0 Å². The van der Waals surface area contributed by atoms with E-state index in [1.807, 2.05) is 19.1 Å². The first-order valence-corrected chi connectivity index (χ1v) is 22.3. The number of methoxy groups -OCH3 is 3. The van der Waals surface area contributed by atoms with Crippen LogP contribution in [-0.4, -0.2) is 128 Å². The van der Waals surface area contributed by atoms with Crippen LogP contribution in [0.15, 0.2) is 42.5 Å². The summed E-state index contributed by atoms with van der Waals surface area (Å²) in [5, 5.41) is 3.14. The van der Waals surface area contributed by atoms with Crippen LogP contribution in [0.2, 0.25) is 5.02 Å². The van der Waals surface area contributed by atoms with Crippen molar-refractivity contribution in [3.05, 3.63) is 64.3 Å². The number of carbonyl (C=O) groups is 2. The Labute approximate surface area is 343 Å². The van der Waals surface area contributed by atoms with Gasteiger partial charge in [-0.1, -0.05) is 30.7 Å². The number of rotatable bonds is 8. The van der Waals surface area contributed by atoms with E-state index in [4.69, 9.17) is 35.5 Å². The molecule has 57 heavy (non-hydrogen) atoms. The lowest BCUT2D eigenvalue weighted by Crippen LogP contribution is -2.51. The number of amides is 1. The van der Waals surface area contributed by atoms with Crippen molar-refractivity contribution in [2.45, 2.75) is 68.6 Å². The molecule has 2 N–H and O–H groups in total. The first-order valence-electron chi connectivity index (χ1n) is 20.3. The first kappa shape index (κ1) is 43.5. The second-order valence-electron chi connectivity index (χ2n) is 16.2. The molecule has 13 nitrogen and oxygen atoms in total. The minimum Gasteiger partial charge on any atom is -0.489 e. The Bertz CT molecular complexity index is 1840. The number of allylic oxidation sites excluding steroid dienone is 2. The molecule has 7 rings (SSSR count). The van der Waals surface area contributed by atoms with Gasteiger partial charge in [0.25, 0.3) is 5.91 Å². The molecule has 1 aromatic carbocycles. The number of ether oxygens (including phenoxy) is 4. The van der Waals surface area contributed by atoms with Crippen molar-refractivity contribution in [1.29, 1.82) is 0 Å². The summed E-state index contributed by atoms with van der Waals surface area (Å²) in [4.78, 5) is 36.2. The number of nitrogens with one attached hydrogen (secondary N) is 2. The fourth-order valence-electron chi connectivity index (χ4n) is 9.15. The molecule has 15 heteroatoms. The average molecular weight is 830 g/mol. The Morgan fingerprint density at radius 2 is 1.82 bits per heavy atom. The summed E-state index contributed by atoms with van der Waals surface area (Å²) < 4.78 is 51.3. The number of piperazine rings is 1. The monoisotopic (exact) mass is 829 g/mol. The van der Waals surface area contributed by atoms with Crippen molar-refractivity contribution in [3.63, 3.8) is 0 Å². The van der Waals surface area contributed by atoms with Crippen molar-refractivity contribution >= 4 is 39.1 Å². The predicted molar refractivity (Wildman–Crippen MR) is 221 cm³/mol. The molecule has 4 heterocycles. The van der Waals surface area contributed by atoms with E-state index in [1.54, 1.807) is 32.4 Å². The van der Waals surface area contributed by atoms with Gasteiger partial charge in [0.05, 0.1) is 31.1 Å². The maximum atomic E-state index is 13.5. The van der Waals surface area contributed by atoms with E-state index in [0.717, 1.165) is 71.5 Å². The zero-order valence-electron chi connectivity index (χ0n) is 33.8. The number of carbonyl (C=O) groups excluding carboxylic acids is 2. The Kier molecular flexibility index (Phi) is 15.1. The Morgan fingerprint density at radius 3 is 2.53 bits per heavy atom. The number of aromatic nitrogens is 1. The highest BCUT2D eigenvalue weighted by atomic mass is 35.5. The average Bonchev–Trinajstić information content (AvgIpc) is 3.33. The van der Waals surface area contributed by atoms with Crippen molar-refractivity contribution in [2.75, 3.05) is 91.9 Å². The number of hydrogen-bond donors (Lipinski definition) is 2. The van der Waals surface area contributed by atoms with Gasteiger partial charge in [-0.15, -0.1) is 0 Å². The summed E-state index contributed by atoms with van der Waals surface area (Å²) in [6, 6.07) is 9.71. The number of benzene rings is 1. The van der Waals surface area contributed by atoms with Crippen LogP contribution in [0.4, 0.5) is 5.82 Å². The summed E-state index contributed by atoms with van der Waals surface area (Å²) in [5.74, 6) is -0.00478. The van der Waals surface area contributed by atoms with Crippen LogP contribution in [0.3, 0.4) is 0 Å². The molecule has 1 spiro atoms. The van der Waals surface area contributed by atoms with E-state index >= 15 is 0 Å². The fourth-order valence-corrected chi connectivity index (χ4v) is 11.0. The third-order valence-electron chi connectivity index (χ3n) is 12.4. The number of pyridine rings is 1. The van der Waals surface area contributed by atoms with Gasteiger partial charge in [-0.05, 0) is 98.2 Å². The van der Waals surface area contributed by atoms with E-state index in [0.29, 0.717) is 48.7 Å². The van der Waals surface area contributed by atoms with E-state index in [9.17, 15) is 18.0 Å². The lowest BCUT2D eigenvalue weighted by molar-refractivity contribution is -0.122. The Hall–Kier alpha value is -3.11. The summed E-state index contributed by atoms with van der Waals surface area (Å²) in [7, 11) is 0.906. The summed E-state index contributed by atoms with van der Waals surface area (Å²) in [5.41, 5.74) is 2.08. The van der Waals surface area contributed by atoms with Gasteiger partial charge in [-0.25, -0.2) is 18.1 Å². The van der Waals surface area contributed by atoms with Crippen LogP contribution < -0.4 is 19.7 Å². The van der Waals surface area contributed by atoms with E-state index in [1.165, 1.54) is 24.3 Å². The quantitative estimate of drug-likeness (QED) is 0.388. The topological polar surface area (TPSA) is 149 Å². The Balaban J connectivity index is 0.000000360. The molecule has 1 amide bonds. The molecule has 1 saturated heterocycles. The number of ketones is 1. The van der Waals surface area contributed by atoms with Gasteiger partial charge in [0.2, 0.25) is 10.0 Å². The fraction of sp³-hybridized carbons (Fsp3) is 0.643. The lowest BCUT2D eigenvalue weighted by Gasteiger charge is -2.43. The smallest absolute Gasteiger partial charge is 0.283 e. The molecule has 2 aromatic rings. The van der Waals surface area contributed by atoms with Crippen LogP contribution in [0.1, 0.15) is 67.1 Å². The number of halogens is 1. The highest BCUT2D eigenvalue weighted by Crippen LogP contribution is 2.45. The number of hydrogen-bond acceptors (Lipinski definition) is 12. The number of nitrogens with zero attached hydrogens (tertiary/aromatic N) is 3. The van der Waals surface area contributed by atoms with Gasteiger partial charge in [-0.3, -0.25) is 14.5 Å². The van der Waals surface area contributed by atoms with Crippen LogP contribution in [0, 0.1) is 17.8 Å². The molecule has 5 aliphatic rings. The molecule has 314 valence electrons. The molecule has 1 aromatic heterocycles. The molecule has 0 unspecified atom stereocenters. The highest BCUT2D eigenvalue weighted by Gasteiger charge is 2.45. The number of aryl methyl sites for hydroxylation is 1. The molecule has 2 fully saturated rings. The van der Waals surface area contributed by atoms with Crippen molar-refractivity contribution < 1.29 is 37.0 Å². The second-order valence-corrected chi connectivity index (χ2v) is 18.6. The maximum absolute atomic E-state index is 13.5. The minimum absolute atomic E-state index is 0.000860. The van der Waals surface area contributed by atoms with Crippen molar-refractivity contribution in [3.8, 4) is 5.75 Å². The first-order chi connectivity index (χ1) is 27.5. The third-order valence-corrected chi connectivity index (χ3v) is 14.6. The van der Waals surface area contributed by atoms with E-state index in [-0.39, 0.29) is 47.7 Å². The number of sulfonamides is 1. The molecule has 0 radical (unpaired) electrons. The summed E-state index contributed by atoms with van der Waals surface area (Å²) in [6.45, 7) is 9.49. The number of anilines is 1. The zero-order chi connectivity index (χ0) is 40.6. The van der Waals surface area contributed by atoms with Gasteiger partial charge in [0.15, 0.2) is 17.4 Å². The third kappa shape index (κ3) is 10.4. The zero-order valence-corrected chi connectivity index (χ0v) is 35.4. The van der Waals surface area contributed by atoms with Gasteiger partial charge in [0, 0.05) is 83.6 Å². The molecule has 5 atom stereocenters. The second kappa shape index (κ2) is 19.8. The van der Waals surface area contributed by atoms with Crippen LogP contribution >= 0.6 is 11.6 Å². The normalized spacial score (nSPS) is 28.1. The molecule has 2 bridgehead atoms. The largest absolute Gasteiger partial charge is 0.489 e.